The van der Waals surface area contributed by atoms with E-state index in [9.17, 15) is 4.79 Å². The summed E-state index contributed by atoms with van der Waals surface area (Å²) in [5.74, 6) is 1.61. The van der Waals surface area contributed by atoms with Gasteiger partial charge < -0.3 is 14.2 Å². The monoisotopic (exact) mass is 396 g/mol. The summed E-state index contributed by atoms with van der Waals surface area (Å²) in [5, 5.41) is 4.87. The van der Waals surface area contributed by atoms with Gasteiger partial charge in [0.15, 0.2) is 5.76 Å². The van der Waals surface area contributed by atoms with Crippen molar-refractivity contribution >= 4 is 17.5 Å². The predicted octanol–water partition coefficient (Wildman–Crippen LogP) is 4.66. The van der Waals surface area contributed by atoms with Crippen molar-refractivity contribution in [3.8, 4) is 17.1 Å². The van der Waals surface area contributed by atoms with Gasteiger partial charge in [0.2, 0.25) is 5.91 Å². The van der Waals surface area contributed by atoms with Crippen molar-refractivity contribution in [3.05, 3.63) is 70.4 Å². The van der Waals surface area contributed by atoms with Crippen molar-refractivity contribution in [1.82, 2.24) is 10.1 Å². The van der Waals surface area contributed by atoms with E-state index in [2.05, 4.69) is 5.16 Å². The number of aromatic nitrogens is 1. The van der Waals surface area contributed by atoms with Crippen LogP contribution in [0.25, 0.3) is 11.3 Å². The van der Waals surface area contributed by atoms with Crippen LogP contribution >= 0.6 is 11.6 Å². The minimum absolute atomic E-state index is 0.0637. The lowest BCUT2D eigenvalue weighted by molar-refractivity contribution is -0.132. The van der Waals surface area contributed by atoms with Crippen LogP contribution in [0.4, 0.5) is 0 Å². The van der Waals surface area contributed by atoms with Gasteiger partial charge in [0.25, 0.3) is 0 Å². The molecule has 0 atom stereocenters. The number of amides is 1. The normalized spacial score (nSPS) is 13.3. The smallest absolute Gasteiger partial charge is 0.226 e. The largest absolute Gasteiger partial charge is 0.493 e. The molecule has 2 aromatic carbocycles. The van der Waals surface area contributed by atoms with Gasteiger partial charge in [0.05, 0.1) is 19.6 Å². The van der Waals surface area contributed by atoms with Crippen LogP contribution in [0.15, 0.2) is 53.1 Å². The van der Waals surface area contributed by atoms with Gasteiger partial charge in [0, 0.05) is 22.7 Å². The number of benzene rings is 2. The second kappa shape index (κ2) is 8.07. The van der Waals surface area contributed by atoms with E-state index in [1.165, 1.54) is 5.56 Å². The molecule has 1 aliphatic heterocycles. The molecule has 0 unspecified atom stereocenters. The molecule has 1 aliphatic rings. The van der Waals surface area contributed by atoms with Crippen LogP contribution in [0, 0.1) is 6.92 Å². The summed E-state index contributed by atoms with van der Waals surface area (Å²) in [6.07, 6.45) is 1.06. The molecule has 0 saturated carbocycles. The maximum atomic E-state index is 12.5. The Morgan fingerprint density at radius 3 is 2.68 bits per heavy atom. The summed E-state index contributed by atoms with van der Waals surface area (Å²) in [7, 11) is 0. The van der Waals surface area contributed by atoms with Crippen LogP contribution in [-0.4, -0.2) is 29.1 Å². The molecule has 4 rings (SSSR count). The molecule has 0 saturated heterocycles. The maximum absolute atomic E-state index is 12.5. The highest BCUT2D eigenvalue weighted by Gasteiger charge is 2.27. The molecule has 5 nitrogen and oxygen atoms in total. The Kier molecular flexibility index (Phi) is 5.35. The first-order chi connectivity index (χ1) is 13.6. The lowest BCUT2D eigenvalue weighted by atomic mass is 10.0. The Morgan fingerprint density at radius 1 is 1.18 bits per heavy atom. The highest BCUT2D eigenvalue weighted by Crippen LogP contribution is 2.31. The lowest BCUT2D eigenvalue weighted by Crippen LogP contribution is -2.36. The summed E-state index contributed by atoms with van der Waals surface area (Å²) >= 11 is 5.96. The van der Waals surface area contributed by atoms with Crippen LogP contribution in [-0.2, 0) is 17.8 Å². The predicted molar refractivity (Wildman–Crippen MR) is 107 cm³/mol. The van der Waals surface area contributed by atoms with Crippen molar-refractivity contribution < 1.29 is 14.1 Å². The van der Waals surface area contributed by atoms with Gasteiger partial charge in [-0.1, -0.05) is 34.5 Å². The molecule has 6 heteroatoms. The maximum Gasteiger partial charge on any atom is 0.226 e. The summed E-state index contributed by atoms with van der Waals surface area (Å²) in [6.45, 7) is 3.51. The van der Waals surface area contributed by atoms with Crippen LogP contribution in [0.3, 0.4) is 0 Å². The van der Waals surface area contributed by atoms with E-state index < -0.39 is 0 Å². The molecule has 0 N–H and O–H groups in total. The minimum Gasteiger partial charge on any atom is -0.493 e. The van der Waals surface area contributed by atoms with Crippen molar-refractivity contribution in [2.45, 2.75) is 26.3 Å². The van der Waals surface area contributed by atoms with Gasteiger partial charge >= 0.3 is 0 Å². The molecule has 3 aromatic rings. The Bertz CT molecular complexity index is 964. The molecular formula is C22H21ClN2O3. The van der Waals surface area contributed by atoms with Crippen LogP contribution in [0.2, 0.25) is 5.02 Å². The van der Waals surface area contributed by atoms with Gasteiger partial charge in [-0.15, -0.1) is 0 Å². The number of nitrogens with zero attached hydrogens (tertiary/aromatic N) is 2. The quantitative estimate of drug-likeness (QED) is 0.629. The fraction of sp³-hybridized carbons (Fsp3) is 0.273. The van der Waals surface area contributed by atoms with Crippen molar-refractivity contribution in [2.75, 3.05) is 13.2 Å². The van der Waals surface area contributed by atoms with E-state index in [-0.39, 0.29) is 5.91 Å². The van der Waals surface area contributed by atoms with E-state index >= 15 is 0 Å². The molecule has 144 valence electrons. The number of hydrogen-bond donors (Lipinski definition) is 0. The first kappa shape index (κ1) is 18.6. The van der Waals surface area contributed by atoms with Crippen LogP contribution < -0.4 is 4.74 Å². The molecule has 1 aromatic heterocycles. The number of rotatable bonds is 5. The Morgan fingerprint density at radius 2 is 1.93 bits per heavy atom. The molecule has 28 heavy (non-hydrogen) atoms. The third-order valence-electron chi connectivity index (χ3n) is 4.91. The van der Waals surface area contributed by atoms with E-state index in [1.54, 1.807) is 0 Å². The number of ether oxygens (including phenoxy) is 1. The third-order valence-corrected chi connectivity index (χ3v) is 5.16. The zero-order chi connectivity index (χ0) is 19.5. The third kappa shape index (κ3) is 4.04. The summed E-state index contributed by atoms with van der Waals surface area (Å²) < 4.78 is 11.2. The average molecular weight is 397 g/mol. The van der Waals surface area contributed by atoms with Crippen molar-refractivity contribution in [3.63, 3.8) is 0 Å². The Labute approximate surface area is 168 Å². The molecule has 0 fully saturated rings. The number of aryl methyl sites for hydroxylation is 1. The summed E-state index contributed by atoms with van der Waals surface area (Å²) in [5.41, 5.74) is 4.02. The number of carbonyl (C=O) groups is 1. The number of hydrogen-bond acceptors (Lipinski definition) is 4. The SMILES string of the molecule is Cc1ccc(OCCC(=O)N2CCc3c(noc3-c3ccc(Cl)cc3)C2)cc1. The average Bonchev–Trinajstić information content (AvgIpc) is 3.13. The van der Waals surface area contributed by atoms with E-state index in [1.807, 2.05) is 60.4 Å². The molecule has 1 amide bonds. The molecule has 0 radical (unpaired) electrons. The highest BCUT2D eigenvalue weighted by molar-refractivity contribution is 6.30. The summed E-state index contributed by atoms with van der Waals surface area (Å²) in [6, 6.07) is 15.3. The van der Waals surface area contributed by atoms with Crippen molar-refractivity contribution in [2.24, 2.45) is 0 Å². The van der Waals surface area contributed by atoms with Crippen LogP contribution in [0.5, 0.6) is 5.75 Å². The summed E-state index contributed by atoms with van der Waals surface area (Å²) in [4.78, 5) is 14.4. The zero-order valence-corrected chi connectivity index (χ0v) is 16.4. The number of halogens is 1. The Hall–Kier alpha value is -2.79. The van der Waals surface area contributed by atoms with Crippen molar-refractivity contribution in [1.29, 1.82) is 0 Å². The molecule has 0 aliphatic carbocycles. The molecule has 2 heterocycles. The van der Waals surface area contributed by atoms with Gasteiger partial charge in [-0.2, -0.15) is 0 Å². The second-order valence-electron chi connectivity index (χ2n) is 6.92. The fourth-order valence-corrected chi connectivity index (χ4v) is 3.45. The number of carbonyl (C=O) groups excluding carboxylic acids is 1. The van der Waals surface area contributed by atoms with Gasteiger partial charge in [-0.3, -0.25) is 4.79 Å². The first-order valence-corrected chi connectivity index (χ1v) is 9.68. The first-order valence-electron chi connectivity index (χ1n) is 9.31. The van der Waals surface area contributed by atoms with Gasteiger partial charge in [-0.25, -0.2) is 0 Å². The second-order valence-corrected chi connectivity index (χ2v) is 7.36. The highest BCUT2D eigenvalue weighted by atomic mass is 35.5. The van der Waals surface area contributed by atoms with Crippen LogP contribution in [0.1, 0.15) is 23.2 Å². The topological polar surface area (TPSA) is 55.6 Å². The van der Waals surface area contributed by atoms with Gasteiger partial charge in [-0.05, 0) is 49.7 Å². The van der Waals surface area contributed by atoms with E-state index in [4.69, 9.17) is 20.9 Å². The minimum atomic E-state index is 0.0637. The molecular weight excluding hydrogens is 376 g/mol. The zero-order valence-electron chi connectivity index (χ0n) is 15.7. The van der Waals surface area contributed by atoms with E-state index in [0.29, 0.717) is 31.1 Å². The molecule has 0 spiro atoms. The standard InChI is InChI=1S/C22H21ClN2O3/c1-15-2-8-18(9-3-15)27-13-11-21(26)25-12-10-19-20(14-25)24-28-22(19)16-4-6-17(23)7-5-16/h2-9H,10-14H2,1H3. The van der Waals surface area contributed by atoms with E-state index in [0.717, 1.165) is 34.8 Å². The Balaban J connectivity index is 1.35. The van der Waals surface area contributed by atoms with Gasteiger partial charge in [0.1, 0.15) is 11.4 Å². The molecule has 0 bridgehead atoms. The number of fused-ring (bicyclic) bond motifs is 1. The lowest BCUT2D eigenvalue weighted by Gasteiger charge is -2.26. The fourth-order valence-electron chi connectivity index (χ4n) is 3.32.